The standard InChI is InChI=1S/C8H12ClN/c1-5-3-6(2)8(10)4-7(5)9/h4,6H,3,10H2,1-2H3. The Morgan fingerprint density at radius 2 is 2.30 bits per heavy atom. The van der Waals surface area contributed by atoms with E-state index in [0.717, 1.165) is 17.2 Å². The van der Waals surface area contributed by atoms with Crippen molar-refractivity contribution in [1.29, 1.82) is 0 Å². The number of hydrogen-bond donors (Lipinski definition) is 1. The largest absolute Gasteiger partial charge is 0.402 e. The summed E-state index contributed by atoms with van der Waals surface area (Å²) in [6, 6.07) is 0. The van der Waals surface area contributed by atoms with Crippen LogP contribution in [0.1, 0.15) is 20.3 Å². The molecule has 56 valence electrons. The number of nitrogens with two attached hydrogens (primary N) is 1. The summed E-state index contributed by atoms with van der Waals surface area (Å²) in [7, 11) is 0. The zero-order chi connectivity index (χ0) is 7.72. The summed E-state index contributed by atoms with van der Waals surface area (Å²) in [6.07, 6.45) is 2.85. The Morgan fingerprint density at radius 3 is 2.80 bits per heavy atom. The molecule has 0 radical (unpaired) electrons. The van der Waals surface area contributed by atoms with Crippen LogP contribution in [-0.2, 0) is 0 Å². The first kappa shape index (κ1) is 7.67. The van der Waals surface area contributed by atoms with Crippen LogP contribution in [0.5, 0.6) is 0 Å². The topological polar surface area (TPSA) is 26.0 Å². The highest BCUT2D eigenvalue weighted by Gasteiger charge is 2.13. The van der Waals surface area contributed by atoms with E-state index in [4.69, 9.17) is 17.3 Å². The van der Waals surface area contributed by atoms with E-state index in [-0.39, 0.29) is 0 Å². The first-order valence-corrected chi connectivity index (χ1v) is 3.81. The Balaban J connectivity index is 2.88. The lowest BCUT2D eigenvalue weighted by molar-refractivity contribution is 0.652. The Labute approximate surface area is 66.6 Å². The van der Waals surface area contributed by atoms with Gasteiger partial charge in [-0.2, -0.15) is 0 Å². The molecule has 0 aromatic heterocycles. The van der Waals surface area contributed by atoms with Crippen molar-refractivity contribution in [3.63, 3.8) is 0 Å². The van der Waals surface area contributed by atoms with Gasteiger partial charge in [-0.3, -0.25) is 0 Å². The molecular formula is C8H12ClN. The van der Waals surface area contributed by atoms with Crippen LogP contribution in [0.4, 0.5) is 0 Å². The van der Waals surface area contributed by atoms with Crippen LogP contribution in [0.15, 0.2) is 22.4 Å². The second-order valence-corrected chi connectivity index (χ2v) is 3.28. The minimum absolute atomic E-state index is 0.461. The van der Waals surface area contributed by atoms with Crippen molar-refractivity contribution in [3.05, 3.63) is 22.4 Å². The lowest BCUT2D eigenvalue weighted by Gasteiger charge is -2.17. The van der Waals surface area contributed by atoms with Gasteiger partial charge in [-0.05, 0) is 25.3 Å². The summed E-state index contributed by atoms with van der Waals surface area (Å²) in [6.45, 7) is 4.15. The lowest BCUT2D eigenvalue weighted by atomic mass is 9.94. The SMILES string of the molecule is CC1=C(Cl)C=C(N)C(C)C1. The molecule has 0 saturated heterocycles. The van der Waals surface area contributed by atoms with Gasteiger partial charge in [0.2, 0.25) is 0 Å². The van der Waals surface area contributed by atoms with Crippen LogP contribution in [0, 0.1) is 5.92 Å². The fraction of sp³-hybridized carbons (Fsp3) is 0.500. The zero-order valence-electron chi connectivity index (χ0n) is 6.32. The molecule has 1 atom stereocenters. The Morgan fingerprint density at radius 1 is 1.70 bits per heavy atom. The summed E-state index contributed by atoms with van der Waals surface area (Å²) < 4.78 is 0. The van der Waals surface area contributed by atoms with Crippen LogP contribution < -0.4 is 5.73 Å². The molecule has 10 heavy (non-hydrogen) atoms. The molecule has 1 nitrogen and oxygen atoms in total. The fourth-order valence-electron chi connectivity index (χ4n) is 1.09. The van der Waals surface area contributed by atoms with Crippen LogP contribution in [-0.4, -0.2) is 0 Å². The van der Waals surface area contributed by atoms with E-state index in [1.165, 1.54) is 5.57 Å². The number of allylic oxidation sites excluding steroid dienone is 4. The third-order valence-electron chi connectivity index (χ3n) is 1.88. The van der Waals surface area contributed by atoms with Gasteiger partial charge in [0.15, 0.2) is 0 Å². The molecular weight excluding hydrogens is 146 g/mol. The van der Waals surface area contributed by atoms with E-state index in [0.29, 0.717) is 5.92 Å². The fourth-order valence-corrected chi connectivity index (χ4v) is 1.29. The van der Waals surface area contributed by atoms with E-state index >= 15 is 0 Å². The van der Waals surface area contributed by atoms with Gasteiger partial charge in [-0.25, -0.2) is 0 Å². The predicted octanol–water partition coefficient (Wildman–Crippen LogP) is 2.38. The molecule has 0 spiro atoms. The molecule has 0 amide bonds. The van der Waals surface area contributed by atoms with Crippen molar-refractivity contribution in [2.45, 2.75) is 20.3 Å². The highest BCUT2D eigenvalue weighted by Crippen LogP contribution is 2.27. The molecule has 1 unspecified atom stereocenters. The molecule has 0 aromatic carbocycles. The van der Waals surface area contributed by atoms with Crippen molar-refractivity contribution in [2.75, 3.05) is 0 Å². The molecule has 0 bridgehead atoms. The molecule has 0 saturated carbocycles. The minimum atomic E-state index is 0.461. The smallest absolute Gasteiger partial charge is 0.0412 e. The van der Waals surface area contributed by atoms with Gasteiger partial charge in [0, 0.05) is 10.7 Å². The Kier molecular flexibility index (Phi) is 2.05. The van der Waals surface area contributed by atoms with E-state index in [1.807, 2.05) is 13.0 Å². The number of rotatable bonds is 0. The molecule has 2 heteroatoms. The predicted molar refractivity (Wildman–Crippen MR) is 44.6 cm³/mol. The summed E-state index contributed by atoms with van der Waals surface area (Å²) in [5, 5.41) is 0.815. The van der Waals surface area contributed by atoms with Gasteiger partial charge in [0.25, 0.3) is 0 Å². The van der Waals surface area contributed by atoms with Crippen LogP contribution in [0.3, 0.4) is 0 Å². The van der Waals surface area contributed by atoms with Crippen molar-refractivity contribution in [2.24, 2.45) is 11.7 Å². The van der Waals surface area contributed by atoms with Crippen LogP contribution >= 0.6 is 11.6 Å². The zero-order valence-corrected chi connectivity index (χ0v) is 7.07. The first-order chi connectivity index (χ1) is 4.61. The highest BCUT2D eigenvalue weighted by atomic mass is 35.5. The molecule has 1 rings (SSSR count). The molecule has 0 heterocycles. The van der Waals surface area contributed by atoms with E-state index in [1.54, 1.807) is 0 Å². The van der Waals surface area contributed by atoms with Gasteiger partial charge in [0.1, 0.15) is 0 Å². The Bertz CT molecular complexity index is 203. The van der Waals surface area contributed by atoms with Crippen LogP contribution in [0.25, 0.3) is 0 Å². The molecule has 0 fully saturated rings. The quantitative estimate of drug-likeness (QED) is 0.574. The maximum Gasteiger partial charge on any atom is 0.0412 e. The maximum atomic E-state index is 5.85. The van der Waals surface area contributed by atoms with Gasteiger partial charge in [0.05, 0.1) is 0 Å². The first-order valence-electron chi connectivity index (χ1n) is 3.43. The van der Waals surface area contributed by atoms with Gasteiger partial charge in [-0.15, -0.1) is 0 Å². The average molecular weight is 158 g/mol. The molecule has 0 aliphatic heterocycles. The summed E-state index contributed by atoms with van der Waals surface area (Å²) in [4.78, 5) is 0. The molecule has 1 aliphatic rings. The second kappa shape index (κ2) is 2.67. The van der Waals surface area contributed by atoms with E-state index in [9.17, 15) is 0 Å². The van der Waals surface area contributed by atoms with Crippen molar-refractivity contribution in [3.8, 4) is 0 Å². The summed E-state index contributed by atoms with van der Waals surface area (Å²) >= 11 is 5.85. The molecule has 2 N–H and O–H groups in total. The van der Waals surface area contributed by atoms with Crippen molar-refractivity contribution < 1.29 is 0 Å². The molecule has 0 aromatic rings. The van der Waals surface area contributed by atoms with Gasteiger partial charge in [-0.1, -0.05) is 24.1 Å². The number of hydrogen-bond acceptors (Lipinski definition) is 1. The third-order valence-corrected chi connectivity index (χ3v) is 2.31. The monoisotopic (exact) mass is 157 g/mol. The van der Waals surface area contributed by atoms with E-state index in [2.05, 4.69) is 6.92 Å². The Hall–Kier alpha value is -0.430. The normalized spacial score (nSPS) is 26.7. The maximum absolute atomic E-state index is 5.85. The highest BCUT2D eigenvalue weighted by molar-refractivity contribution is 6.31. The molecule has 1 aliphatic carbocycles. The number of halogens is 1. The minimum Gasteiger partial charge on any atom is -0.402 e. The average Bonchev–Trinajstić information content (AvgIpc) is 1.84. The van der Waals surface area contributed by atoms with Gasteiger partial charge < -0.3 is 5.73 Å². The lowest BCUT2D eigenvalue weighted by Crippen LogP contribution is -2.12. The van der Waals surface area contributed by atoms with Crippen molar-refractivity contribution >= 4 is 11.6 Å². The summed E-state index contributed by atoms with van der Waals surface area (Å²) in [5.74, 6) is 0.461. The van der Waals surface area contributed by atoms with E-state index < -0.39 is 0 Å². The summed E-state index contributed by atoms with van der Waals surface area (Å²) in [5.41, 5.74) is 7.81. The van der Waals surface area contributed by atoms with Crippen molar-refractivity contribution in [1.82, 2.24) is 0 Å². The second-order valence-electron chi connectivity index (χ2n) is 2.88. The third kappa shape index (κ3) is 1.35. The van der Waals surface area contributed by atoms with Crippen LogP contribution in [0.2, 0.25) is 0 Å². The van der Waals surface area contributed by atoms with Gasteiger partial charge >= 0.3 is 0 Å².